The van der Waals surface area contributed by atoms with Gasteiger partial charge in [0.15, 0.2) is 0 Å². The minimum absolute atomic E-state index is 0.0715. The van der Waals surface area contributed by atoms with Crippen LogP contribution in [0.5, 0.6) is 0 Å². The molecule has 0 aromatic carbocycles. The van der Waals surface area contributed by atoms with Gasteiger partial charge in [-0.2, -0.15) is 0 Å². The first kappa shape index (κ1) is 15.3. The number of nitrogens with one attached hydrogen (secondary N) is 1. The third-order valence-electron chi connectivity index (χ3n) is 4.09. The number of piperazine rings is 1. The molecule has 6 nitrogen and oxygen atoms in total. The molecule has 1 saturated heterocycles. The SMILES string of the molecule is C/C=C\c1nc(N2CCN(c3cccnc3)CC2)[nH]c(=O)c1C. The topological polar surface area (TPSA) is 65.1 Å². The number of aromatic amines is 1. The summed E-state index contributed by atoms with van der Waals surface area (Å²) in [5.41, 5.74) is 2.45. The van der Waals surface area contributed by atoms with Gasteiger partial charge in [0.1, 0.15) is 0 Å². The van der Waals surface area contributed by atoms with Gasteiger partial charge in [0.05, 0.1) is 17.6 Å². The number of H-pyrrole nitrogens is 1. The van der Waals surface area contributed by atoms with Crippen LogP contribution in [0.2, 0.25) is 0 Å². The van der Waals surface area contributed by atoms with E-state index in [-0.39, 0.29) is 5.56 Å². The molecule has 3 heterocycles. The number of nitrogens with zero attached hydrogens (tertiary/aromatic N) is 4. The van der Waals surface area contributed by atoms with Gasteiger partial charge in [-0.05, 0) is 32.1 Å². The zero-order chi connectivity index (χ0) is 16.2. The monoisotopic (exact) mass is 311 g/mol. The maximum absolute atomic E-state index is 12.1. The first-order valence-corrected chi connectivity index (χ1v) is 7.82. The Morgan fingerprint density at radius 3 is 2.61 bits per heavy atom. The largest absolute Gasteiger partial charge is 0.367 e. The number of hydrogen-bond acceptors (Lipinski definition) is 5. The van der Waals surface area contributed by atoms with Gasteiger partial charge >= 0.3 is 0 Å². The van der Waals surface area contributed by atoms with E-state index in [2.05, 4.69) is 30.8 Å². The standard InChI is InChI=1S/C17H21N5O/c1-3-5-15-13(2)16(23)20-17(19-15)22-10-8-21(9-11-22)14-6-4-7-18-12-14/h3-7,12H,8-11H2,1-2H3,(H,19,20,23)/b5-3-. The lowest BCUT2D eigenvalue weighted by atomic mass is 10.2. The van der Waals surface area contributed by atoms with E-state index in [4.69, 9.17) is 0 Å². The predicted octanol–water partition coefficient (Wildman–Crippen LogP) is 1.83. The number of hydrogen-bond donors (Lipinski definition) is 1. The van der Waals surface area contributed by atoms with Crippen LogP contribution in [0.3, 0.4) is 0 Å². The van der Waals surface area contributed by atoms with Gasteiger partial charge in [0.25, 0.3) is 5.56 Å². The Kier molecular flexibility index (Phi) is 4.41. The molecule has 0 atom stereocenters. The molecular weight excluding hydrogens is 290 g/mol. The molecule has 23 heavy (non-hydrogen) atoms. The van der Waals surface area contributed by atoms with E-state index >= 15 is 0 Å². The summed E-state index contributed by atoms with van der Waals surface area (Å²) in [6.45, 7) is 7.11. The summed E-state index contributed by atoms with van der Waals surface area (Å²) in [7, 11) is 0. The molecule has 2 aromatic rings. The van der Waals surface area contributed by atoms with Gasteiger partial charge in [-0.15, -0.1) is 0 Å². The maximum Gasteiger partial charge on any atom is 0.255 e. The number of aromatic nitrogens is 3. The Bertz CT molecular complexity index is 745. The van der Waals surface area contributed by atoms with Crippen LogP contribution in [-0.2, 0) is 0 Å². The third-order valence-corrected chi connectivity index (χ3v) is 4.09. The molecule has 0 saturated carbocycles. The summed E-state index contributed by atoms with van der Waals surface area (Å²) < 4.78 is 0. The lowest BCUT2D eigenvalue weighted by molar-refractivity contribution is 0.637. The normalized spacial score (nSPS) is 15.4. The van der Waals surface area contributed by atoms with Gasteiger partial charge in [0.2, 0.25) is 5.95 Å². The fourth-order valence-corrected chi connectivity index (χ4v) is 2.72. The van der Waals surface area contributed by atoms with Crippen molar-refractivity contribution in [3.05, 3.63) is 52.2 Å². The van der Waals surface area contributed by atoms with Crippen molar-refractivity contribution in [1.29, 1.82) is 0 Å². The lowest BCUT2D eigenvalue weighted by Crippen LogP contribution is -2.47. The highest BCUT2D eigenvalue weighted by atomic mass is 16.1. The smallest absolute Gasteiger partial charge is 0.255 e. The number of anilines is 2. The summed E-state index contributed by atoms with van der Waals surface area (Å²) >= 11 is 0. The highest BCUT2D eigenvalue weighted by Gasteiger charge is 2.20. The molecule has 0 amide bonds. The van der Waals surface area contributed by atoms with Gasteiger partial charge in [-0.3, -0.25) is 14.8 Å². The number of pyridine rings is 1. The first-order valence-electron chi connectivity index (χ1n) is 7.82. The first-order chi connectivity index (χ1) is 11.2. The fraction of sp³-hybridized carbons (Fsp3) is 0.353. The average Bonchev–Trinajstić information content (AvgIpc) is 2.60. The summed E-state index contributed by atoms with van der Waals surface area (Å²) in [6, 6.07) is 4.02. The van der Waals surface area contributed by atoms with Crippen LogP contribution in [0.4, 0.5) is 11.6 Å². The second kappa shape index (κ2) is 6.64. The minimum Gasteiger partial charge on any atom is -0.367 e. The second-order valence-corrected chi connectivity index (χ2v) is 5.59. The molecule has 120 valence electrons. The fourth-order valence-electron chi connectivity index (χ4n) is 2.72. The van der Waals surface area contributed by atoms with E-state index in [1.54, 1.807) is 13.1 Å². The van der Waals surface area contributed by atoms with Crippen LogP contribution in [0.25, 0.3) is 6.08 Å². The molecule has 0 aliphatic carbocycles. The molecule has 1 aliphatic rings. The summed E-state index contributed by atoms with van der Waals surface area (Å²) in [6.07, 6.45) is 7.44. The zero-order valence-corrected chi connectivity index (χ0v) is 13.5. The van der Waals surface area contributed by atoms with E-state index in [0.29, 0.717) is 11.5 Å². The molecule has 1 N–H and O–H groups in total. The van der Waals surface area contributed by atoms with Crippen LogP contribution in [0.15, 0.2) is 35.4 Å². The van der Waals surface area contributed by atoms with Crippen molar-refractivity contribution in [2.45, 2.75) is 13.8 Å². The Balaban J connectivity index is 1.76. The quantitative estimate of drug-likeness (QED) is 0.937. The zero-order valence-electron chi connectivity index (χ0n) is 13.5. The van der Waals surface area contributed by atoms with Gasteiger partial charge in [-0.1, -0.05) is 6.08 Å². The van der Waals surface area contributed by atoms with Gasteiger partial charge < -0.3 is 9.80 Å². The summed E-state index contributed by atoms with van der Waals surface area (Å²) in [5.74, 6) is 0.652. The molecule has 3 rings (SSSR count). The van der Waals surface area contributed by atoms with E-state index in [1.807, 2.05) is 31.3 Å². The Morgan fingerprint density at radius 2 is 1.96 bits per heavy atom. The van der Waals surface area contributed by atoms with Crippen molar-refractivity contribution in [3.8, 4) is 0 Å². The molecule has 0 bridgehead atoms. The van der Waals surface area contributed by atoms with Crippen molar-refractivity contribution in [2.75, 3.05) is 36.0 Å². The average molecular weight is 311 g/mol. The molecule has 0 spiro atoms. The molecule has 1 fully saturated rings. The van der Waals surface area contributed by atoms with Crippen molar-refractivity contribution >= 4 is 17.7 Å². The van der Waals surface area contributed by atoms with Crippen molar-refractivity contribution in [3.63, 3.8) is 0 Å². The van der Waals surface area contributed by atoms with Crippen molar-refractivity contribution in [2.24, 2.45) is 0 Å². The highest BCUT2D eigenvalue weighted by Crippen LogP contribution is 2.17. The van der Waals surface area contributed by atoms with Crippen molar-refractivity contribution in [1.82, 2.24) is 15.0 Å². The van der Waals surface area contributed by atoms with Gasteiger partial charge in [0, 0.05) is 37.9 Å². The molecule has 0 radical (unpaired) electrons. The molecule has 1 aliphatic heterocycles. The Morgan fingerprint density at radius 1 is 1.22 bits per heavy atom. The Hall–Kier alpha value is -2.63. The third kappa shape index (κ3) is 3.26. The van der Waals surface area contributed by atoms with E-state index in [0.717, 1.165) is 37.6 Å². The number of rotatable bonds is 3. The molecule has 6 heteroatoms. The predicted molar refractivity (Wildman–Crippen MR) is 93.0 cm³/mol. The van der Waals surface area contributed by atoms with Crippen LogP contribution in [0.1, 0.15) is 18.2 Å². The summed E-state index contributed by atoms with van der Waals surface area (Å²) in [4.78, 5) is 28.2. The van der Waals surface area contributed by atoms with Crippen LogP contribution in [-0.4, -0.2) is 41.1 Å². The maximum atomic E-state index is 12.1. The second-order valence-electron chi connectivity index (χ2n) is 5.59. The van der Waals surface area contributed by atoms with Gasteiger partial charge in [-0.25, -0.2) is 4.98 Å². The Labute approximate surface area is 135 Å². The van der Waals surface area contributed by atoms with E-state index in [1.165, 1.54) is 0 Å². The van der Waals surface area contributed by atoms with Crippen molar-refractivity contribution < 1.29 is 0 Å². The van der Waals surface area contributed by atoms with Crippen LogP contribution in [0, 0.1) is 6.92 Å². The van der Waals surface area contributed by atoms with Crippen LogP contribution >= 0.6 is 0 Å². The summed E-state index contributed by atoms with van der Waals surface area (Å²) in [5, 5.41) is 0. The molecular formula is C17H21N5O. The highest BCUT2D eigenvalue weighted by molar-refractivity contribution is 5.51. The lowest BCUT2D eigenvalue weighted by Gasteiger charge is -2.36. The van der Waals surface area contributed by atoms with E-state index < -0.39 is 0 Å². The number of allylic oxidation sites excluding steroid dienone is 1. The van der Waals surface area contributed by atoms with Crippen LogP contribution < -0.4 is 15.4 Å². The van der Waals surface area contributed by atoms with E-state index in [9.17, 15) is 4.79 Å². The molecule has 0 unspecified atom stereocenters. The molecule has 2 aromatic heterocycles. The minimum atomic E-state index is -0.0715.